The fourth-order valence-electron chi connectivity index (χ4n) is 5.21. The molecule has 3 aliphatic carbocycles. The summed E-state index contributed by atoms with van der Waals surface area (Å²) in [6, 6.07) is 1.61. The summed E-state index contributed by atoms with van der Waals surface area (Å²) in [4.78, 5) is 12.5. The average molecular weight is 432 g/mol. The molecule has 0 heterocycles. The summed E-state index contributed by atoms with van der Waals surface area (Å²) in [6.07, 6.45) is 14.1. The van der Waals surface area contributed by atoms with E-state index in [0.29, 0.717) is 12.5 Å². The topological polar surface area (TPSA) is 87.3 Å². The Morgan fingerprint density at radius 1 is 0.967 bits per heavy atom. The summed E-state index contributed by atoms with van der Waals surface area (Å²) < 4.78 is 26.7. The Morgan fingerprint density at radius 3 is 2.30 bits per heavy atom. The van der Waals surface area contributed by atoms with Crippen LogP contribution in [0, 0.1) is 5.92 Å². The molecule has 0 spiro atoms. The van der Waals surface area contributed by atoms with Gasteiger partial charge in [-0.1, -0.05) is 31.4 Å². The monoisotopic (exact) mass is 431 g/mol. The number of carbonyl (C=O) groups excluding carboxylic acids is 1. The molecule has 1 fully saturated rings. The van der Waals surface area contributed by atoms with Crippen LogP contribution in [0.15, 0.2) is 17.6 Å². The first-order chi connectivity index (χ1) is 14.5. The van der Waals surface area contributed by atoms with Crippen LogP contribution in [0.3, 0.4) is 0 Å². The number of fused-ring (bicyclic) bond motifs is 2. The average Bonchev–Trinajstić information content (AvgIpc) is 3.37. The lowest BCUT2D eigenvalue weighted by molar-refractivity contribution is 0.256. The number of sulfonamides is 1. The van der Waals surface area contributed by atoms with Crippen LogP contribution in [-0.2, 0) is 35.7 Å². The number of nitrogens with one attached hydrogen (secondary N) is 3. The van der Waals surface area contributed by atoms with E-state index in [0.717, 1.165) is 56.2 Å². The second-order valence-corrected chi connectivity index (χ2v) is 10.4. The van der Waals surface area contributed by atoms with Crippen molar-refractivity contribution >= 4 is 21.7 Å². The number of anilines is 1. The summed E-state index contributed by atoms with van der Waals surface area (Å²) in [5.74, 6) is 0.696. The van der Waals surface area contributed by atoms with E-state index in [4.69, 9.17) is 0 Å². The zero-order valence-corrected chi connectivity index (χ0v) is 18.5. The predicted molar refractivity (Wildman–Crippen MR) is 120 cm³/mol. The number of carbonyl (C=O) groups is 1. The van der Waals surface area contributed by atoms with Crippen molar-refractivity contribution in [3.05, 3.63) is 39.8 Å². The summed E-state index contributed by atoms with van der Waals surface area (Å²) in [5, 5.41) is 7.25. The van der Waals surface area contributed by atoms with Crippen LogP contribution in [0.5, 0.6) is 0 Å². The van der Waals surface area contributed by atoms with Gasteiger partial charge in [-0.25, -0.2) is 17.9 Å². The van der Waals surface area contributed by atoms with Crippen LogP contribution in [-0.4, -0.2) is 27.5 Å². The summed E-state index contributed by atoms with van der Waals surface area (Å²) in [5.41, 5.74) is 5.83. The molecule has 0 atom stereocenters. The van der Waals surface area contributed by atoms with Gasteiger partial charge in [0.15, 0.2) is 0 Å². The summed E-state index contributed by atoms with van der Waals surface area (Å²) in [7, 11) is -3.82. The van der Waals surface area contributed by atoms with Crippen molar-refractivity contribution in [2.24, 2.45) is 5.92 Å². The second kappa shape index (κ2) is 9.52. The molecule has 3 aliphatic rings. The highest BCUT2D eigenvalue weighted by Gasteiger charge is 2.25. The number of urea groups is 1. The van der Waals surface area contributed by atoms with Crippen molar-refractivity contribution in [2.45, 2.75) is 70.6 Å². The molecule has 0 bridgehead atoms. The van der Waals surface area contributed by atoms with Gasteiger partial charge in [0.05, 0.1) is 0 Å². The standard InChI is InChI=1S/C23H33N3O3S/c27-23(25-22-20-11-4-9-18(20)15-19-10-5-12-21(19)22)26-30(28,29)14-6-13-24-16-17-7-2-1-3-8-17/h6,14-15,17,24H,1-5,7-13,16H2,(H2,25,26,27)/b14-6+. The molecule has 0 aliphatic heterocycles. The summed E-state index contributed by atoms with van der Waals surface area (Å²) in [6.45, 7) is 1.40. The van der Waals surface area contributed by atoms with Crippen LogP contribution < -0.4 is 15.4 Å². The lowest BCUT2D eigenvalue weighted by Crippen LogP contribution is -2.34. The van der Waals surface area contributed by atoms with Gasteiger partial charge < -0.3 is 10.6 Å². The molecule has 30 heavy (non-hydrogen) atoms. The van der Waals surface area contributed by atoms with E-state index in [1.165, 1.54) is 54.4 Å². The number of hydrogen-bond acceptors (Lipinski definition) is 4. The quantitative estimate of drug-likeness (QED) is 0.573. The molecule has 0 aromatic heterocycles. The van der Waals surface area contributed by atoms with E-state index in [-0.39, 0.29) is 0 Å². The number of aryl methyl sites for hydroxylation is 2. The maximum absolute atomic E-state index is 12.5. The molecule has 4 rings (SSSR count). The van der Waals surface area contributed by atoms with Crippen LogP contribution in [0.25, 0.3) is 0 Å². The highest BCUT2D eigenvalue weighted by Crippen LogP contribution is 2.38. The highest BCUT2D eigenvalue weighted by molar-refractivity contribution is 7.92. The Kier molecular flexibility index (Phi) is 6.78. The Labute approximate surface area is 180 Å². The van der Waals surface area contributed by atoms with Gasteiger partial charge in [-0.15, -0.1) is 0 Å². The van der Waals surface area contributed by atoms with Crippen molar-refractivity contribution in [1.82, 2.24) is 10.0 Å². The van der Waals surface area contributed by atoms with Gasteiger partial charge in [0.1, 0.15) is 0 Å². The molecule has 1 aromatic carbocycles. The first-order valence-corrected chi connectivity index (χ1v) is 12.9. The normalized spacial score (nSPS) is 19.1. The van der Waals surface area contributed by atoms with E-state index >= 15 is 0 Å². The predicted octanol–water partition coefficient (Wildman–Crippen LogP) is 3.80. The molecule has 1 saturated carbocycles. The Morgan fingerprint density at radius 2 is 1.63 bits per heavy atom. The lowest BCUT2D eigenvalue weighted by atomic mass is 9.89. The van der Waals surface area contributed by atoms with E-state index in [1.54, 1.807) is 6.08 Å². The molecule has 0 radical (unpaired) electrons. The van der Waals surface area contributed by atoms with Crippen molar-refractivity contribution in [3.63, 3.8) is 0 Å². The van der Waals surface area contributed by atoms with Gasteiger partial charge in [0, 0.05) is 17.6 Å². The molecule has 164 valence electrons. The Bertz CT molecular complexity index is 886. The third-order valence-corrected chi connectivity index (χ3v) is 7.66. The fraction of sp³-hybridized carbons (Fsp3) is 0.609. The van der Waals surface area contributed by atoms with Crippen molar-refractivity contribution < 1.29 is 13.2 Å². The van der Waals surface area contributed by atoms with Crippen LogP contribution in [0.4, 0.5) is 10.5 Å². The lowest BCUT2D eigenvalue weighted by Gasteiger charge is -2.21. The number of rotatable bonds is 7. The molecular weight excluding hydrogens is 398 g/mol. The maximum Gasteiger partial charge on any atom is 0.333 e. The van der Waals surface area contributed by atoms with Gasteiger partial charge in [-0.05, 0) is 86.1 Å². The van der Waals surface area contributed by atoms with Crippen molar-refractivity contribution in [3.8, 4) is 0 Å². The zero-order chi connectivity index (χ0) is 21.0. The van der Waals surface area contributed by atoms with Gasteiger partial charge >= 0.3 is 6.03 Å². The van der Waals surface area contributed by atoms with Crippen molar-refractivity contribution in [1.29, 1.82) is 0 Å². The molecule has 2 amide bonds. The minimum Gasteiger partial charge on any atom is -0.313 e. The van der Waals surface area contributed by atoms with E-state index in [1.807, 2.05) is 0 Å². The SMILES string of the molecule is O=C(Nc1c2c(cc3c1CCC3)CCC2)NS(=O)(=O)/C=C/CNCC1CCCCC1. The van der Waals surface area contributed by atoms with Gasteiger partial charge in [-0.3, -0.25) is 0 Å². The molecule has 7 heteroatoms. The largest absolute Gasteiger partial charge is 0.333 e. The number of amides is 2. The molecule has 0 unspecified atom stereocenters. The first-order valence-electron chi connectivity index (χ1n) is 11.4. The molecule has 1 aromatic rings. The Balaban J connectivity index is 1.30. The fourth-order valence-corrected chi connectivity index (χ4v) is 5.93. The molecule has 6 nitrogen and oxygen atoms in total. The van der Waals surface area contributed by atoms with Gasteiger partial charge in [0.2, 0.25) is 0 Å². The van der Waals surface area contributed by atoms with Crippen LogP contribution in [0.2, 0.25) is 0 Å². The molecule has 3 N–H and O–H groups in total. The minimum atomic E-state index is -3.82. The van der Waals surface area contributed by atoms with Crippen molar-refractivity contribution in [2.75, 3.05) is 18.4 Å². The van der Waals surface area contributed by atoms with E-state index in [9.17, 15) is 13.2 Å². The molecule has 0 saturated heterocycles. The Hall–Kier alpha value is -1.86. The number of benzene rings is 1. The minimum absolute atomic E-state index is 0.485. The second-order valence-electron chi connectivity index (χ2n) is 8.87. The first kappa shape index (κ1) is 21.4. The number of hydrogen-bond donors (Lipinski definition) is 3. The highest BCUT2D eigenvalue weighted by atomic mass is 32.2. The molecular formula is C23H33N3O3S. The maximum atomic E-state index is 12.5. The van der Waals surface area contributed by atoms with Crippen LogP contribution >= 0.6 is 0 Å². The van der Waals surface area contributed by atoms with Crippen LogP contribution in [0.1, 0.15) is 67.2 Å². The van der Waals surface area contributed by atoms with Gasteiger partial charge in [0.25, 0.3) is 10.0 Å². The third kappa shape index (κ3) is 5.24. The summed E-state index contributed by atoms with van der Waals surface area (Å²) >= 11 is 0. The van der Waals surface area contributed by atoms with Gasteiger partial charge in [-0.2, -0.15) is 0 Å². The zero-order valence-electron chi connectivity index (χ0n) is 17.6. The third-order valence-electron chi connectivity index (χ3n) is 6.64. The smallest absolute Gasteiger partial charge is 0.313 e. The van der Waals surface area contributed by atoms with E-state index in [2.05, 4.69) is 21.4 Å². The van der Waals surface area contributed by atoms with E-state index < -0.39 is 16.1 Å².